The van der Waals surface area contributed by atoms with E-state index in [1.54, 1.807) is 17.5 Å². The fraction of sp³-hybridized carbons (Fsp3) is 0.417. The molecule has 0 aromatic carbocycles. The third-order valence-electron chi connectivity index (χ3n) is 2.59. The van der Waals surface area contributed by atoms with Crippen LogP contribution < -0.4 is 11.1 Å². The van der Waals surface area contributed by atoms with E-state index in [1.165, 1.54) is 0 Å². The lowest BCUT2D eigenvalue weighted by Gasteiger charge is -2.10. The molecule has 0 aliphatic carbocycles. The minimum atomic E-state index is 0.551. The van der Waals surface area contributed by atoms with Gasteiger partial charge in [-0.25, -0.2) is 15.0 Å². The molecule has 6 heteroatoms. The van der Waals surface area contributed by atoms with E-state index >= 15 is 0 Å². The molecule has 2 aromatic heterocycles. The van der Waals surface area contributed by atoms with Gasteiger partial charge in [-0.15, -0.1) is 11.3 Å². The van der Waals surface area contributed by atoms with Crippen molar-refractivity contribution in [3.8, 4) is 0 Å². The SMILES string of the molecule is CCCc1nc(N)c(C)c(NCc2nccs2)n1. The molecule has 0 atom stereocenters. The molecule has 0 aliphatic rings. The Morgan fingerprint density at radius 2 is 2.22 bits per heavy atom. The number of hydrogen-bond donors (Lipinski definition) is 2. The highest BCUT2D eigenvalue weighted by molar-refractivity contribution is 7.09. The topological polar surface area (TPSA) is 76.7 Å². The first-order valence-electron chi connectivity index (χ1n) is 5.96. The summed E-state index contributed by atoms with van der Waals surface area (Å²) >= 11 is 1.62. The molecular weight excluding hydrogens is 246 g/mol. The highest BCUT2D eigenvalue weighted by Crippen LogP contribution is 2.19. The minimum Gasteiger partial charge on any atom is -0.383 e. The molecule has 2 heterocycles. The average molecular weight is 263 g/mol. The second-order valence-corrected chi connectivity index (χ2v) is 5.01. The van der Waals surface area contributed by atoms with Crippen molar-refractivity contribution in [1.29, 1.82) is 0 Å². The molecule has 2 aromatic rings. The van der Waals surface area contributed by atoms with Gasteiger partial charge in [-0.05, 0) is 13.3 Å². The number of anilines is 2. The molecule has 0 radical (unpaired) electrons. The van der Waals surface area contributed by atoms with Gasteiger partial charge in [0.1, 0.15) is 22.5 Å². The maximum Gasteiger partial charge on any atom is 0.135 e. The Labute approximate surface area is 111 Å². The third kappa shape index (κ3) is 2.95. The Kier molecular flexibility index (Phi) is 4.09. The van der Waals surface area contributed by atoms with Gasteiger partial charge >= 0.3 is 0 Å². The summed E-state index contributed by atoms with van der Waals surface area (Å²) in [6.07, 6.45) is 3.65. The Bertz CT molecular complexity index is 509. The van der Waals surface area contributed by atoms with Crippen molar-refractivity contribution in [3.05, 3.63) is 28.0 Å². The number of nitrogens with two attached hydrogens (primary N) is 1. The van der Waals surface area contributed by atoms with Crippen LogP contribution in [0.4, 0.5) is 11.6 Å². The van der Waals surface area contributed by atoms with E-state index in [1.807, 2.05) is 12.3 Å². The molecule has 3 N–H and O–H groups in total. The zero-order valence-corrected chi connectivity index (χ0v) is 11.4. The van der Waals surface area contributed by atoms with Crippen molar-refractivity contribution in [1.82, 2.24) is 15.0 Å². The van der Waals surface area contributed by atoms with Crippen LogP contribution in [0.3, 0.4) is 0 Å². The summed E-state index contributed by atoms with van der Waals surface area (Å²) in [5, 5.41) is 6.26. The second kappa shape index (κ2) is 5.77. The highest BCUT2D eigenvalue weighted by Gasteiger charge is 2.08. The van der Waals surface area contributed by atoms with Crippen molar-refractivity contribution < 1.29 is 0 Å². The van der Waals surface area contributed by atoms with Crippen molar-refractivity contribution in [3.63, 3.8) is 0 Å². The van der Waals surface area contributed by atoms with Gasteiger partial charge in [-0.3, -0.25) is 0 Å². The van der Waals surface area contributed by atoms with E-state index in [4.69, 9.17) is 5.73 Å². The summed E-state index contributed by atoms with van der Waals surface area (Å²) in [5.41, 5.74) is 6.79. The van der Waals surface area contributed by atoms with Gasteiger partial charge in [-0.2, -0.15) is 0 Å². The quantitative estimate of drug-likeness (QED) is 0.866. The van der Waals surface area contributed by atoms with Crippen LogP contribution in [0, 0.1) is 6.92 Å². The summed E-state index contributed by atoms with van der Waals surface area (Å²) in [7, 11) is 0. The van der Waals surface area contributed by atoms with Crippen LogP contribution in [0.1, 0.15) is 29.7 Å². The third-order valence-corrected chi connectivity index (χ3v) is 3.37. The van der Waals surface area contributed by atoms with Crippen LogP contribution in [0.5, 0.6) is 0 Å². The molecule has 0 bridgehead atoms. The van der Waals surface area contributed by atoms with E-state index in [0.717, 1.165) is 35.1 Å². The number of nitrogens with one attached hydrogen (secondary N) is 1. The monoisotopic (exact) mass is 263 g/mol. The molecule has 0 fully saturated rings. The predicted octanol–water partition coefficient (Wildman–Crippen LogP) is 2.39. The first-order valence-corrected chi connectivity index (χ1v) is 6.84. The molecule has 0 aliphatic heterocycles. The Morgan fingerprint density at radius 3 is 2.89 bits per heavy atom. The maximum atomic E-state index is 5.90. The van der Waals surface area contributed by atoms with Gasteiger partial charge in [-0.1, -0.05) is 6.92 Å². The largest absolute Gasteiger partial charge is 0.383 e. The first-order chi connectivity index (χ1) is 8.70. The number of hydrogen-bond acceptors (Lipinski definition) is 6. The van der Waals surface area contributed by atoms with Crippen LogP contribution in [0.2, 0.25) is 0 Å². The van der Waals surface area contributed by atoms with Crippen molar-refractivity contribution in [2.45, 2.75) is 33.2 Å². The Morgan fingerprint density at radius 1 is 1.39 bits per heavy atom. The number of nitrogens with zero attached hydrogens (tertiary/aromatic N) is 3. The van der Waals surface area contributed by atoms with Crippen LogP contribution in [-0.4, -0.2) is 15.0 Å². The highest BCUT2D eigenvalue weighted by atomic mass is 32.1. The van der Waals surface area contributed by atoms with Crippen LogP contribution in [0.25, 0.3) is 0 Å². The van der Waals surface area contributed by atoms with Crippen molar-refractivity contribution in [2.24, 2.45) is 0 Å². The van der Waals surface area contributed by atoms with Crippen LogP contribution >= 0.6 is 11.3 Å². The predicted molar refractivity (Wildman–Crippen MR) is 74.6 cm³/mol. The van der Waals surface area contributed by atoms with Crippen molar-refractivity contribution >= 4 is 23.0 Å². The van der Waals surface area contributed by atoms with Crippen molar-refractivity contribution in [2.75, 3.05) is 11.1 Å². The molecule has 0 spiro atoms. The zero-order chi connectivity index (χ0) is 13.0. The molecular formula is C12H17N5S. The summed E-state index contributed by atoms with van der Waals surface area (Å²) in [6.45, 7) is 4.69. The number of thiazole rings is 1. The van der Waals surface area contributed by atoms with Gasteiger partial charge < -0.3 is 11.1 Å². The fourth-order valence-corrected chi connectivity index (χ4v) is 2.15. The number of rotatable bonds is 5. The van der Waals surface area contributed by atoms with E-state index in [-0.39, 0.29) is 0 Å². The average Bonchev–Trinajstić information content (AvgIpc) is 2.85. The fourth-order valence-electron chi connectivity index (χ4n) is 1.59. The lowest BCUT2D eigenvalue weighted by atomic mass is 10.2. The summed E-state index contributed by atoms with van der Waals surface area (Å²) < 4.78 is 0. The molecule has 0 amide bonds. The first kappa shape index (κ1) is 12.8. The summed E-state index contributed by atoms with van der Waals surface area (Å²) in [6, 6.07) is 0. The van der Waals surface area contributed by atoms with Gasteiger partial charge in [0.2, 0.25) is 0 Å². The lowest BCUT2D eigenvalue weighted by molar-refractivity contribution is 0.833. The van der Waals surface area contributed by atoms with E-state index < -0.39 is 0 Å². The summed E-state index contributed by atoms with van der Waals surface area (Å²) in [4.78, 5) is 13.0. The standard InChI is InChI=1S/C12H17N5S/c1-3-4-9-16-11(13)8(2)12(17-9)15-7-10-14-5-6-18-10/h5-6H,3-4,7H2,1-2H3,(H3,13,15,16,17). The van der Waals surface area contributed by atoms with Gasteiger partial charge in [0.15, 0.2) is 0 Å². The smallest absolute Gasteiger partial charge is 0.135 e. The second-order valence-electron chi connectivity index (χ2n) is 4.03. The normalized spacial score (nSPS) is 10.6. The van der Waals surface area contributed by atoms with Gasteiger partial charge in [0.25, 0.3) is 0 Å². The minimum absolute atomic E-state index is 0.551. The molecule has 96 valence electrons. The van der Waals surface area contributed by atoms with E-state index in [0.29, 0.717) is 12.4 Å². The van der Waals surface area contributed by atoms with Gasteiger partial charge in [0.05, 0.1) is 6.54 Å². The molecule has 0 unspecified atom stereocenters. The summed E-state index contributed by atoms with van der Waals surface area (Å²) in [5.74, 6) is 2.15. The van der Waals surface area contributed by atoms with E-state index in [9.17, 15) is 0 Å². The van der Waals surface area contributed by atoms with Crippen LogP contribution in [0.15, 0.2) is 11.6 Å². The molecule has 5 nitrogen and oxygen atoms in total. The Balaban J connectivity index is 2.15. The van der Waals surface area contributed by atoms with Crippen LogP contribution in [-0.2, 0) is 13.0 Å². The van der Waals surface area contributed by atoms with E-state index in [2.05, 4.69) is 27.2 Å². The zero-order valence-electron chi connectivity index (χ0n) is 10.6. The Hall–Kier alpha value is -1.69. The number of nitrogen functional groups attached to an aromatic ring is 1. The molecule has 2 rings (SSSR count). The molecule has 18 heavy (non-hydrogen) atoms. The maximum absolute atomic E-state index is 5.90. The number of aryl methyl sites for hydroxylation is 1. The van der Waals surface area contributed by atoms with Gasteiger partial charge in [0, 0.05) is 23.6 Å². The lowest BCUT2D eigenvalue weighted by Crippen LogP contribution is -2.09. The molecule has 0 saturated carbocycles. The molecule has 0 saturated heterocycles. The number of aromatic nitrogens is 3.